The first-order chi connectivity index (χ1) is 13.9. The van der Waals surface area contributed by atoms with E-state index in [0.717, 1.165) is 34.0 Å². The minimum atomic E-state index is 0.156. The van der Waals surface area contributed by atoms with Crippen LogP contribution in [0.4, 0.5) is 0 Å². The van der Waals surface area contributed by atoms with Crippen molar-refractivity contribution in [2.24, 2.45) is 0 Å². The predicted octanol–water partition coefficient (Wildman–Crippen LogP) is 7.21. The van der Waals surface area contributed by atoms with E-state index in [4.69, 9.17) is 16.6 Å². The van der Waals surface area contributed by atoms with Gasteiger partial charge < -0.3 is 4.57 Å². The highest BCUT2D eigenvalue weighted by Crippen LogP contribution is 2.24. The zero-order chi connectivity index (χ0) is 20.4. The summed E-state index contributed by atoms with van der Waals surface area (Å²) in [7, 11) is 0. The highest BCUT2D eigenvalue weighted by molar-refractivity contribution is 6.32. The van der Waals surface area contributed by atoms with Crippen molar-refractivity contribution in [3.8, 4) is 0 Å². The first kappa shape index (κ1) is 19.5. The summed E-state index contributed by atoms with van der Waals surface area (Å²) in [6.45, 7) is 7.49. The number of hydrogen-bond donors (Lipinski definition) is 0. The molecule has 4 aromatic rings. The van der Waals surface area contributed by atoms with Crippen LogP contribution >= 0.6 is 11.6 Å². The third-order valence-electron chi connectivity index (χ3n) is 5.16. The molecule has 0 unspecified atom stereocenters. The molecule has 0 saturated heterocycles. The zero-order valence-electron chi connectivity index (χ0n) is 17.1. The SMILES string of the molecule is CC(C)(C)c1ccc(Cn2c(C=Cc3ccccc3Cl)nc3ccccc32)cc1. The Morgan fingerprint density at radius 3 is 2.28 bits per heavy atom. The lowest BCUT2D eigenvalue weighted by Gasteiger charge is -2.19. The van der Waals surface area contributed by atoms with Gasteiger partial charge in [-0.25, -0.2) is 4.98 Å². The maximum atomic E-state index is 6.31. The number of hydrogen-bond acceptors (Lipinski definition) is 1. The number of aromatic nitrogens is 2. The number of rotatable bonds is 4. The first-order valence-electron chi connectivity index (χ1n) is 9.89. The van der Waals surface area contributed by atoms with E-state index < -0.39 is 0 Å². The molecular formula is C26H25ClN2. The van der Waals surface area contributed by atoms with E-state index in [1.807, 2.05) is 42.5 Å². The maximum absolute atomic E-state index is 6.31. The van der Waals surface area contributed by atoms with Crippen molar-refractivity contribution in [3.05, 3.63) is 100 Å². The average Bonchev–Trinajstić information content (AvgIpc) is 3.05. The van der Waals surface area contributed by atoms with Gasteiger partial charge >= 0.3 is 0 Å². The molecule has 0 aliphatic heterocycles. The molecule has 29 heavy (non-hydrogen) atoms. The summed E-state index contributed by atoms with van der Waals surface area (Å²) >= 11 is 6.31. The van der Waals surface area contributed by atoms with Crippen LogP contribution in [0.15, 0.2) is 72.8 Å². The molecule has 1 aromatic heterocycles. The van der Waals surface area contributed by atoms with Crippen molar-refractivity contribution in [1.29, 1.82) is 0 Å². The summed E-state index contributed by atoms with van der Waals surface area (Å²) in [4.78, 5) is 4.84. The monoisotopic (exact) mass is 400 g/mol. The summed E-state index contributed by atoms with van der Waals surface area (Å²) < 4.78 is 2.26. The zero-order valence-corrected chi connectivity index (χ0v) is 17.8. The fraction of sp³-hybridized carbons (Fsp3) is 0.192. The molecule has 0 radical (unpaired) electrons. The van der Waals surface area contributed by atoms with E-state index in [9.17, 15) is 0 Å². The molecule has 0 bridgehead atoms. The van der Waals surface area contributed by atoms with Gasteiger partial charge in [0.25, 0.3) is 0 Å². The van der Waals surface area contributed by atoms with Crippen LogP contribution in [-0.4, -0.2) is 9.55 Å². The third kappa shape index (κ3) is 4.28. The van der Waals surface area contributed by atoms with Crippen LogP contribution in [0.5, 0.6) is 0 Å². The molecule has 0 aliphatic rings. The van der Waals surface area contributed by atoms with Gasteiger partial charge in [-0.3, -0.25) is 0 Å². The van der Waals surface area contributed by atoms with E-state index in [2.05, 4.69) is 67.8 Å². The fourth-order valence-electron chi connectivity index (χ4n) is 3.45. The largest absolute Gasteiger partial charge is 0.320 e. The Morgan fingerprint density at radius 2 is 1.55 bits per heavy atom. The van der Waals surface area contributed by atoms with Gasteiger partial charge in [-0.05, 0) is 52.5 Å². The van der Waals surface area contributed by atoms with Gasteiger partial charge in [-0.1, -0.05) is 87.0 Å². The van der Waals surface area contributed by atoms with Crippen molar-refractivity contribution >= 4 is 34.8 Å². The summed E-state index contributed by atoms with van der Waals surface area (Å²) in [5.41, 5.74) is 5.87. The minimum Gasteiger partial charge on any atom is -0.320 e. The standard InChI is InChI=1S/C26H25ClN2/c1-26(2,3)21-15-12-19(13-16-21)18-29-24-11-7-6-10-23(24)28-25(29)17-14-20-8-4-5-9-22(20)27/h4-17H,18H2,1-3H3. The quantitative estimate of drug-likeness (QED) is 0.354. The molecule has 3 aromatic carbocycles. The van der Waals surface area contributed by atoms with Crippen LogP contribution in [0.3, 0.4) is 0 Å². The number of para-hydroxylation sites is 2. The number of halogens is 1. The van der Waals surface area contributed by atoms with Gasteiger partial charge in [0.05, 0.1) is 11.0 Å². The Kier molecular flexibility index (Phi) is 5.29. The molecule has 0 aliphatic carbocycles. The topological polar surface area (TPSA) is 17.8 Å². The Hall–Kier alpha value is -2.84. The second kappa shape index (κ2) is 7.88. The van der Waals surface area contributed by atoms with E-state index in [0.29, 0.717) is 0 Å². The lowest BCUT2D eigenvalue weighted by molar-refractivity contribution is 0.590. The summed E-state index contributed by atoms with van der Waals surface area (Å²) in [5.74, 6) is 0.922. The molecule has 0 amide bonds. The summed E-state index contributed by atoms with van der Waals surface area (Å²) in [6, 6.07) is 25.0. The van der Waals surface area contributed by atoms with Crippen LogP contribution in [0.1, 0.15) is 43.3 Å². The first-order valence-corrected chi connectivity index (χ1v) is 10.3. The van der Waals surface area contributed by atoms with Crippen LogP contribution < -0.4 is 0 Å². The molecule has 0 fully saturated rings. The van der Waals surface area contributed by atoms with Gasteiger partial charge in [0, 0.05) is 11.6 Å². The Bertz CT molecular complexity index is 1160. The van der Waals surface area contributed by atoms with Crippen molar-refractivity contribution in [2.75, 3.05) is 0 Å². The molecule has 1 heterocycles. The van der Waals surface area contributed by atoms with Crippen molar-refractivity contribution in [3.63, 3.8) is 0 Å². The van der Waals surface area contributed by atoms with Crippen LogP contribution in [0.2, 0.25) is 5.02 Å². The second-order valence-electron chi connectivity index (χ2n) is 8.35. The fourth-order valence-corrected chi connectivity index (χ4v) is 3.65. The normalized spacial score (nSPS) is 12.1. The van der Waals surface area contributed by atoms with Crippen molar-refractivity contribution in [1.82, 2.24) is 9.55 Å². The molecule has 0 N–H and O–H groups in total. The number of benzene rings is 3. The van der Waals surface area contributed by atoms with Crippen LogP contribution in [-0.2, 0) is 12.0 Å². The van der Waals surface area contributed by atoms with Crippen LogP contribution in [0.25, 0.3) is 23.2 Å². The smallest absolute Gasteiger partial charge is 0.134 e. The van der Waals surface area contributed by atoms with E-state index in [-0.39, 0.29) is 5.41 Å². The summed E-state index contributed by atoms with van der Waals surface area (Å²) in [6.07, 6.45) is 4.08. The molecule has 3 heteroatoms. The molecular weight excluding hydrogens is 376 g/mol. The third-order valence-corrected chi connectivity index (χ3v) is 5.51. The van der Waals surface area contributed by atoms with Crippen LogP contribution in [0, 0.1) is 0 Å². The van der Waals surface area contributed by atoms with Crippen molar-refractivity contribution < 1.29 is 0 Å². The van der Waals surface area contributed by atoms with Gasteiger partial charge in [0.15, 0.2) is 0 Å². The van der Waals surface area contributed by atoms with Gasteiger partial charge in [0.2, 0.25) is 0 Å². The van der Waals surface area contributed by atoms with E-state index in [1.54, 1.807) is 0 Å². The highest BCUT2D eigenvalue weighted by Gasteiger charge is 2.14. The average molecular weight is 401 g/mol. The molecule has 0 spiro atoms. The Morgan fingerprint density at radius 1 is 0.862 bits per heavy atom. The van der Waals surface area contributed by atoms with E-state index in [1.165, 1.54) is 11.1 Å². The number of fused-ring (bicyclic) bond motifs is 1. The lowest BCUT2D eigenvalue weighted by Crippen LogP contribution is -2.11. The minimum absolute atomic E-state index is 0.156. The molecule has 146 valence electrons. The van der Waals surface area contributed by atoms with Crippen molar-refractivity contribution in [2.45, 2.75) is 32.7 Å². The number of nitrogens with zero attached hydrogens (tertiary/aromatic N) is 2. The van der Waals surface area contributed by atoms with Gasteiger partial charge in [-0.2, -0.15) is 0 Å². The molecule has 0 atom stereocenters. The Labute approximate surface area is 177 Å². The van der Waals surface area contributed by atoms with Gasteiger partial charge in [0.1, 0.15) is 5.82 Å². The maximum Gasteiger partial charge on any atom is 0.134 e. The molecule has 4 rings (SSSR count). The lowest BCUT2D eigenvalue weighted by atomic mass is 9.87. The molecule has 0 saturated carbocycles. The number of imidazole rings is 1. The van der Waals surface area contributed by atoms with E-state index >= 15 is 0 Å². The summed E-state index contributed by atoms with van der Waals surface area (Å²) in [5, 5.41) is 0.740. The Balaban J connectivity index is 1.71. The molecule has 2 nitrogen and oxygen atoms in total. The predicted molar refractivity (Wildman–Crippen MR) is 124 cm³/mol. The second-order valence-corrected chi connectivity index (χ2v) is 8.75. The van der Waals surface area contributed by atoms with Gasteiger partial charge in [-0.15, -0.1) is 0 Å². The highest BCUT2D eigenvalue weighted by atomic mass is 35.5.